The number of amides is 1. The van der Waals surface area contributed by atoms with Crippen molar-refractivity contribution in [1.29, 1.82) is 0 Å². The fourth-order valence-electron chi connectivity index (χ4n) is 4.15. The maximum Gasteiger partial charge on any atom is 0.224 e. The van der Waals surface area contributed by atoms with Gasteiger partial charge in [0.1, 0.15) is 17.0 Å². The van der Waals surface area contributed by atoms with Gasteiger partial charge < -0.3 is 10.2 Å². The van der Waals surface area contributed by atoms with E-state index in [1.165, 1.54) is 35.1 Å². The van der Waals surface area contributed by atoms with Gasteiger partial charge in [0.2, 0.25) is 5.91 Å². The van der Waals surface area contributed by atoms with E-state index in [9.17, 15) is 4.79 Å². The first kappa shape index (κ1) is 17.7. The van der Waals surface area contributed by atoms with Crippen molar-refractivity contribution in [2.75, 3.05) is 24.5 Å². The standard InChI is InChI=1S/C20H28N4OS/c1-13(2)10-21-19(25)14-6-5-9-24(11-14)18-17-15-7-3-4-8-16(15)26-20(17)23-12-22-18/h12-14H,3-11H2,1-2H3,(H,21,25). The van der Waals surface area contributed by atoms with Gasteiger partial charge in [-0.3, -0.25) is 4.79 Å². The Morgan fingerprint density at radius 3 is 3.00 bits per heavy atom. The summed E-state index contributed by atoms with van der Waals surface area (Å²) in [6.07, 6.45) is 8.56. The van der Waals surface area contributed by atoms with Gasteiger partial charge in [0.15, 0.2) is 0 Å². The molecule has 5 nitrogen and oxygen atoms in total. The van der Waals surface area contributed by atoms with Gasteiger partial charge in [-0.2, -0.15) is 0 Å². The lowest BCUT2D eigenvalue weighted by Crippen LogP contribution is -2.44. The van der Waals surface area contributed by atoms with Gasteiger partial charge in [0, 0.05) is 24.5 Å². The van der Waals surface area contributed by atoms with E-state index < -0.39 is 0 Å². The monoisotopic (exact) mass is 372 g/mol. The number of carbonyl (C=O) groups excluding carboxylic acids is 1. The molecule has 1 unspecified atom stereocenters. The molecule has 1 N–H and O–H groups in total. The molecular weight excluding hydrogens is 344 g/mol. The fraction of sp³-hybridized carbons (Fsp3) is 0.650. The van der Waals surface area contributed by atoms with E-state index in [1.807, 2.05) is 11.3 Å². The summed E-state index contributed by atoms with van der Waals surface area (Å²) in [5.41, 5.74) is 1.47. The first-order chi connectivity index (χ1) is 12.6. The summed E-state index contributed by atoms with van der Waals surface area (Å²) in [7, 11) is 0. The van der Waals surface area contributed by atoms with Gasteiger partial charge in [-0.1, -0.05) is 13.8 Å². The summed E-state index contributed by atoms with van der Waals surface area (Å²) in [5, 5.41) is 4.37. The van der Waals surface area contributed by atoms with Crippen molar-refractivity contribution in [1.82, 2.24) is 15.3 Å². The fourth-order valence-corrected chi connectivity index (χ4v) is 5.37. The zero-order valence-electron chi connectivity index (χ0n) is 15.8. The lowest BCUT2D eigenvalue weighted by molar-refractivity contribution is -0.125. The van der Waals surface area contributed by atoms with Gasteiger partial charge in [0.25, 0.3) is 0 Å². The number of aromatic nitrogens is 2. The minimum absolute atomic E-state index is 0.0574. The normalized spacial score (nSPS) is 20.4. The highest BCUT2D eigenvalue weighted by molar-refractivity contribution is 7.19. The van der Waals surface area contributed by atoms with E-state index in [-0.39, 0.29) is 11.8 Å². The van der Waals surface area contributed by atoms with Crippen LogP contribution >= 0.6 is 11.3 Å². The Hall–Kier alpha value is -1.69. The molecule has 2 aromatic rings. The molecule has 0 spiro atoms. The first-order valence-electron chi connectivity index (χ1n) is 9.91. The molecule has 140 valence electrons. The van der Waals surface area contributed by atoms with Crippen LogP contribution in [0.15, 0.2) is 6.33 Å². The summed E-state index contributed by atoms with van der Waals surface area (Å²) >= 11 is 1.84. The number of nitrogens with one attached hydrogen (secondary N) is 1. The Kier molecular flexibility index (Phi) is 5.11. The summed E-state index contributed by atoms with van der Waals surface area (Å²) in [6.45, 7) is 6.76. The number of aryl methyl sites for hydroxylation is 2. The van der Waals surface area contributed by atoms with E-state index in [0.29, 0.717) is 5.92 Å². The Balaban J connectivity index is 1.59. The Labute approximate surface area is 159 Å². The Morgan fingerprint density at radius 1 is 1.31 bits per heavy atom. The van der Waals surface area contributed by atoms with Crippen molar-refractivity contribution in [2.45, 2.75) is 52.4 Å². The quantitative estimate of drug-likeness (QED) is 0.891. The van der Waals surface area contributed by atoms with Crippen LogP contribution in [0, 0.1) is 11.8 Å². The van der Waals surface area contributed by atoms with Gasteiger partial charge >= 0.3 is 0 Å². The van der Waals surface area contributed by atoms with Gasteiger partial charge in [-0.05, 0) is 50.0 Å². The summed E-state index contributed by atoms with van der Waals surface area (Å²) in [4.78, 5) is 26.7. The average molecular weight is 373 g/mol. The van der Waals surface area contributed by atoms with Crippen LogP contribution in [0.1, 0.15) is 50.0 Å². The molecule has 3 heterocycles. The SMILES string of the molecule is CC(C)CNC(=O)C1CCCN(c2ncnc3sc4c(c23)CCCC4)C1. The number of fused-ring (bicyclic) bond motifs is 3. The highest BCUT2D eigenvalue weighted by atomic mass is 32.1. The van der Waals surface area contributed by atoms with E-state index in [0.717, 1.165) is 49.5 Å². The van der Waals surface area contributed by atoms with Crippen molar-refractivity contribution >= 4 is 33.3 Å². The van der Waals surface area contributed by atoms with Gasteiger partial charge in [0.05, 0.1) is 11.3 Å². The van der Waals surface area contributed by atoms with E-state index in [2.05, 4.69) is 34.0 Å². The van der Waals surface area contributed by atoms with Crippen molar-refractivity contribution in [3.05, 3.63) is 16.8 Å². The minimum atomic E-state index is 0.0574. The molecule has 2 aromatic heterocycles. The smallest absolute Gasteiger partial charge is 0.224 e. The lowest BCUT2D eigenvalue weighted by atomic mass is 9.95. The van der Waals surface area contributed by atoms with Crippen LogP contribution in [0.3, 0.4) is 0 Å². The predicted molar refractivity (Wildman–Crippen MR) is 107 cm³/mol. The molecule has 26 heavy (non-hydrogen) atoms. The molecule has 1 amide bonds. The van der Waals surface area contributed by atoms with Crippen LogP contribution in [0.4, 0.5) is 5.82 Å². The number of carbonyl (C=O) groups is 1. The Morgan fingerprint density at radius 2 is 2.15 bits per heavy atom. The van der Waals surface area contributed by atoms with Crippen LogP contribution < -0.4 is 10.2 Å². The number of piperidine rings is 1. The van der Waals surface area contributed by atoms with Crippen LogP contribution in [-0.2, 0) is 17.6 Å². The molecule has 1 aliphatic heterocycles. The van der Waals surface area contributed by atoms with Crippen LogP contribution in [0.2, 0.25) is 0 Å². The molecule has 0 radical (unpaired) electrons. The van der Waals surface area contributed by atoms with Crippen molar-refractivity contribution in [3.8, 4) is 0 Å². The summed E-state index contributed by atoms with van der Waals surface area (Å²) in [5.74, 6) is 1.79. The van der Waals surface area contributed by atoms with Crippen molar-refractivity contribution < 1.29 is 4.79 Å². The van der Waals surface area contributed by atoms with Gasteiger partial charge in [-0.25, -0.2) is 9.97 Å². The second-order valence-corrected chi connectivity index (χ2v) is 9.10. The molecule has 4 rings (SSSR count). The number of hydrogen-bond acceptors (Lipinski definition) is 5. The molecule has 1 fully saturated rings. The highest BCUT2D eigenvalue weighted by Crippen LogP contribution is 2.40. The van der Waals surface area contributed by atoms with E-state index in [1.54, 1.807) is 6.33 Å². The molecule has 1 saturated heterocycles. The minimum Gasteiger partial charge on any atom is -0.356 e. The second kappa shape index (κ2) is 7.51. The average Bonchev–Trinajstić information content (AvgIpc) is 3.05. The zero-order valence-corrected chi connectivity index (χ0v) is 16.6. The van der Waals surface area contributed by atoms with E-state index in [4.69, 9.17) is 0 Å². The topological polar surface area (TPSA) is 58.1 Å². The molecule has 1 atom stereocenters. The third-order valence-electron chi connectivity index (χ3n) is 5.51. The third kappa shape index (κ3) is 3.43. The van der Waals surface area contributed by atoms with Gasteiger partial charge in [-0.15, -0.1) is 11.3 Å². The zero-order chi connectivity index (χ0) is 18.1. The number of rotatable bonds is 4. The number of thiophene rings is 1. The second-order valence-electron chi connectivity index (χ2n) is 8.01. The molecular formula is C20H28N4OS. The first-order valence-corrected chi connectivity index (χ1v) is 10.7. The van der Waals surface area contributed by atoms with Crippen LogP contribution in [0.5, 0.6) is 0 Å². The Bertz CT molecular complexity index is 800. The molecule has 1 aliphatic carbocycles. The van der Waals surface area contributed by atoms with Crippen LogP contribution in [0.25, 0.3) is 10.2 Å². The lowest BCUT2D eigenvalue weighted by Gasteiger charge is -2.33. The van der Waals surface area contributed by atoms with Crippen molar-refractivity contribution in [2.24, 2.45) is 11.8 Å². The number of anilines is 1. The highest BCUT2D eigenvalue weighted by Gasteiger charge is 2.29. The molecule has 6 heteroatoms. The summed E-state index contributed by atoms with van der Waals surface area (Å²) < 4.78 is 0. The molecule has 0 aromatic carbocycles. The molecule has 0 saturated carbocycles. The third-order valence-corrected chi connectivity index (χ3v) is 6.71. The maximum atomic E-state index is 12.6. The number of hydrogen-bond donors (Lipinski definition) is 1. The number of nitrogens with zero attached hydrogens (tertiary/aromatic N) is 3. The molecule has 2 aliphatic rings. The maximum absolute atomic E-state index is 12.6. The van der Waals surface area contributed by atoms with E-state index >= 15 is 0 Å². The summed E-state index contributed by atoms with van der Waals surface area (Å²) in [6, 6.07) is 0. The van der Waals surface area contributed by atoms with Crippen molar-refractivity contribution in [3.63, 3.8) is 0 Å². The van der Waals surface area contributed by atoms with Crippen LogP contribution in [-0.4, -0.2) is 35.5 Å². The molecule has 0 bridgehead atoms. The largest absolute Gasteiger partial charge is 0.356 e. The predicted octanol–water partition coefficient (Wildman–Crippen LogP) is 3.56.